The molecule has 0 aliphatic carbocycles. The first kappa shape index (κ1) is 18.5. The van der Waals surface area contributed by atoms with Gasteiger partial charge in [-0.3, -0.25) is 4.79 Å². The van der Waals surface area contributed by atoms with E-state index in [-0.39, 0.29) is 12.5 Å². The zero-order valence-electron chi connectivity index (χ0n) is 14.0. The molecule has 1 aromatic heterocycles. The fraction of sp³-hybridized carbons (Fsp3) is 0.222. The molecule has 0 spiro atoms. The second-order valence-electron chi connectivity index (χ2n) is 4.91. The third kappa shape index (κ3) is 5.96. The number of amides is 1. The van der Waals surface area contributed by atoms with E-state index in [9.17, 15) is 9.59 Å². The van der Waals surface area contributed by atoms with E-state index in [2.05, 4.69) is 5.32 Å². The van der Waals surface area contributed by atoms with Crippen molar-refractivity contribution in [2.75, 3.05) is 20.8 Å². The van der Waals surface area contributed by atoms with E-state index in [0.717, 1.165) is 4.88 Å². The van der Waals surface area contributed by atoms with Crippen LogP contribution < -0.4 is 14.8 Å². The van der Waals surface area contributed by atoms with Gasteiger partial charge in [0.05, 0.1) is 20.8 Å². The Balaban J connectivity index is 1.81. The van der Waals surface area contributed by atoms with Gasteiger partial charge in [-0.25, -0.2) is 4.79 Å². The number of thiophene rings is 1. The maximum Gasteiger partial charge on any atom is 0.331 e. The Hall–Kier alpha value is -2.80. The van der Waals surface area contributed by atoms with Crippen molar-refractivity contribution in [3.05, 3.63) is 52.2 Å². The van der Waals surface area contributed by atoms with Crippen LogP contribution in [0.5, 0.6) is 11.5 Å². The molecule has 0 aliphatic rings. The van der Waals surface area contributed by atoms with Gasteiger partial charge < -0.3 is 19.5 Å². The maximum absolute atomic E-state index is 11.7. The number of rotatable bonds is 8. The van der Waals surface area contributed by atoms with Crippen molar-refractivity contribution >= 4 is 29.3 Å². The van der Waals surface area contributed by atoms with Crippen molar-refractivity contribution in [2.24, 2.45) is 0 Å². The smallest absolute Gasteiger partial charge is 0.331 e. The summed E-state index contributed by atoms with van der Waals surface area (Å²) in [5.41, 5.74) is 0.697. The van der Waals surface area contributed by atoms with Crippen molar-refractivity contribution in [1.82, 2.24) is 5.32 Å². The molecule has 0 unspecified atom stereocenters. The summed E-state index contributed by atoms with van der Waals surface area (Å²) < 4.78 is 15.3. The number of ether oxygens (including phenoxy) is 3. The molecule has 0 radical (unpaired) electrons. The molecule has 7 heteroatoms. The first-order valence-electron chi connectivity index (χ1n) is 7.48. The Morgan fingerprint density at radius 1 is 1.20 bits per heavy atom. The number of methoxy groups -OCH3 is 2. The SMILES string of the molecule is COc1ccc(/C=C/C(=O)OCC(=O)NCc2cccs2)c(OC)c1. The fourth-order valence-corrected chi connectivity index (χ4v) is 2.59. The lowest BCUT2D eigenvalue weighted by molar-refractivity contribution is -0.143. The average molecular weight is 361 g/mol. The van der Waals surface area contributed by atoms with Crippen molar-refractivity contribution < 1.29 is 23.8 Å². The van der Waals surface area contributed by atoms with Gasteiger partial charge in [0.25, 0.3) is 5.91 Å². The molecule has 2 aromatic rings. The first-order chi connectivity index (χ1) is 12.1. The minimum absolute atomic E-state index is 0.325. The molecule has 1 amide bonds. The van der Waals surface area contributed by atoms with E-state index in [1.165, 1.54) is 13.2 Å². The van der Waals surface area contributed by atoms with Gasteiger partial charge in [-0.2, -0.15) is 0 Å². The highest BCUT2D eigenvalue weighted by Gasteiger charge is 2.06. The largest absolute Gasteiger partial charge is 0.497 e. The summed E-state index contributed by atoms with van der Waals surface area (Å²) in [6.45, 7) is 0.0984. The molecule has 2 rings (SSSR count). The maximum atomic E-state index is 11.7. The van der Waals surface area contributed by atoms with E-state index in [0.29, 0.717) is 23.6 Å². The number of benzene rings is 1. The predicted molar refractivity (Wildman–Crippen MR) is 95.7 cm³/mol. The lowest BCUT2D eigenvalue weighted by atomic mass is 10.2. The average Bonchev–Trinajstić information content (AvgIpc) is 3.16. The summed E-state index contributed by atoms with van der Waals surface area (Å²) in [5.74, 6) is 0.261. The predicted octanol–water partition coefficient (Wildman–Crippen LogP) is 2.64. The molecular formula is C18H19NO5S. The lowest BCUT2D eigenvalue weighted by Crippen LogP contribution is -2.27. The number of hydrogen-bond acceptors (Lipinski definition) is 6. The first-order valence-corrected chi connectivity index (χ1v) is 8.36. The molecule has 0 atom stereocenters. The monoisotopic (exact) mass is 361 g/mol. The van der Waals surface area contributed by atoms with Gasteiger partial charge in [-0.15, -0.1) is 11.3 Å². The second kappa shape index (κ2) is 9.48. The Kier molecular flexibility index (Phi) is 7.03. The highest BCUT2D eigenvalue weighted by Crippen LogP contribution is 2.25. The lowest BCUT2D eigenvalue weighted by Gasteiger charge is -2.07. The Morgan fingerprint density at radius 2 is 2.04 bits per heavy atom. The summed E-state index contributed by atoms with van der Waals surface area (Å²) in [6.07, 6.45) is 2.81. The quantitative estimate of drug-likeness (QED) is 0.578. The molecule has 0 bridgehead atoms. The topological polar surface area (TPSA) is 73.9 Å². The standard InChI is InChI=1S/C18H19NO5S/c1-22-14-7-5-13(16(10-14)23-2)6-8-18(21)24-12-17(20)19-11-15-4-3-9-25-15/h3-10H,11-12H2,1-2H3,(H,19,20)/b8-6+. The van der Waals surface area contributed by atoms with Crippen LogP contribution in [0.25, 0.3) is 6.08 Å². The minimum atomic E-state index is -0.607. The van der Waals surface area contributed by atoms with Crippen LogP contribution in [-0.4, -0.2) is 32.7 Å². The number of carbonyl (C=O) groups is 2. The molecule has 1 N–H and O–H groups in total. The molecule has 1 heterocycles. The van der Waals surface area contributed by atoms with Crippen LogP contribution in [0.2, 0.25) is 0 Å². The summed E-state index contributed by atoms with van der Waals surface area (Å²) in [7, 11) is 3.09. The molecule has 132 valence electrons. The van der Waals surface area contributed by atoms with Crippen molar-refractivity contribution in [3.63, 3.8) is 0 Å². The Bertz CT molecular complexity index is 740. The molecule has 0 saturated carbocycles. The third-order valence-corrected chi connectivity index (χ3v) is 4.10. The van der Waals surface area contributed by atoms with E-state index in [4.69, 9.17) is 14.2 Å². The number of nitrogens with one attached hydrogen (secondary N) is 1. The van der Waals surface area contributed by atoms with Gasteiger partial charge in [0.2, 0.25) is 0 Å². The number of esters is 1. The zero-order valence-corrected chi connectivity index (χ0v) is 14.8. The van der Waals surface area contributed by atoms with Crippen LogP contribution in [0, 0.1) is 0 Å². The van der Waals surface area contributed by atoms with Crippen molar-refractivity contribution in [1.29, 1.82) is 0 Å². The van der Waals surface area contributed by atoms with Crippen LogP contribution in [0.1, 0.15) is 10.4 Å². The van der Waals surface area contributed by atoms with E-state index in [1.807, 2.05) is 17.5 Å². The second-order valence-corrected chi connectivity index (χ2v) is 5.94. The van der Waals surface area contributed by atoms with Crippen LogP contribution in [-0.2, 0) is 20.9 Å². The molecule has 0 saturated heterocycles. The highest BCUT2D eigenvalue weighted by molar-refractivity contribution is 7.09. The number of carbonyl (C=O) groups excluding carboxylic acids is 2. The van der Waals surface area contributed by atoms with Gasteiger partial charge in [0.1, 0.15) is 11.5 Å². The number of hydrogen-bond donors (Lipinski definition) is 1. The highest BCUT2D eigenvalue weighted by atomic mass is 32.1. The Morgan fingerprint density at radius 3 is 2.72 bits per heavy atom. The van der Waals surface area contributed by atoms with Gasteiger partial charge in [-0.05, 0) is 29.7 Å². The van der Waals surface area contributed by atoms with Crippen molar-refractivity contribution in [2.45, 2.75) is 6.54 Å². The van der Waals surface area contributed by atoms with E-state index in [1.54, 1.807) is 42.7 Å². The summed E-state index contributed by atoms with van der Waals surface area (Å²) in [5, 5.41) is 4.61. The molecule has 1 aromatic carbocycles. The van der Waals surface area contributed by atoms with Gasteiger partial charge in [0.15, 0.2) is 6.61 Å². The van der Waals surface area contributed by atoms with Crippen LogP contribution in [0.4, 0.5) is 0 Å². The van der Waals surface area contributed by atoms with Crippen molar-refractivity contribution in [3.8, 4) is 11.5 Å². The van der Waals surface area contributed by atoms with E-state index < -0.39 is 5.97 Å². The third-order valence-electron chi connectivity index (χ3n) is 3.23. The zero-order chi connectivity index (χ0) is 18.1. The molecular weight excluding hydrogens is 342 g/mol. The van der Waals surface area contributed by atoms with Gasteiger partial charge >= 0.3 is 5.97 Å². The summed E-state index contributed by atoms with van der Waals surface area (Å²) in [4.78, 5) is 24.4. The van der Waals surface area contributed by atoms with Crippen LogP contribution in [0.3, 0.4) is 0 Å². The molecule has 6 nitrogen and oxygen atoms in total. The van der Waals surface area contributed by atoms with Crippen LogP contribution in [0.15, 0.2) is 41.8 Å². The molecule has 0 fully saturated rings. The van der Waals surface area contributed by atoms with Gasteiger partial charge in [0, 0.05) is 22.6 Å². The fourth-order valence-electron chi connectivity index (χ4n) is 1.95. The van der Waals surface area contributed by atoms with Crippen LogP contribution >= 0.6 is 11.3 Å². The Labute approximate surface area is 150 Å². The van der Waals surface area contributed by atoms with Gasteiger partial charge in [-0.1, -0.05) is 6.07 Å². The summed E-state index contributed by atoms with van der Waals surface area (Å²) >= 11 is 1.55. The molecule has 25 heavy (non-hydrogen) atoms. The van der Waals surface area contributed by atoms with E-state index >= 15 is 0 Å². The summed E-state index contributed by atoms with van der Waals surface area (Å²) in [6, 6.07) is 9.05. The minimum Gasteiger partial charge on any atom is -0.497 e. The normalized spacial score (nSPS) is 10.5. The molecule has 0 aliphatic heterocycles.